The molecule has 0 fully saturated rings. The number of rotatable bonds is 8. The summed E-state index contributed by atoms with van der Waals surface area (Å²) >= 11 is 0. The van der Waals surface area contributed by atoms with Crippen LogP contribution < -0.4 is 10.0 Å². The molecule has 0 unspecified atom stereocenters. The lowest BCUT2D eigenvalue weighted by atomic mass is 10.1. The number of sulfonamides is 1. The molecule has 0 bridgehead atoms. The molecule has 9 heteroatoms. The summed E-state index contributed by atoms with van der Waals surface area (Å²) in [5, 5.41) is 6.93. The molecule has 0 saturated heterocycles. The quantitative estimate of drug-likeness (QED) is 0.601. The highest BCUT2D eigenvalue weighted by molar-refractivity contribution is 7.89. The predicted molar refractivity (Wildman–Crippen MR) is 104 cm³/mol. The number of carbonyl (C=O) groups excluding carboxylic acids is 1. The summed E-state index contributed by atoms with van der Waals surface area (Å²) in [5.41, 5.74) is 1.80. The summed E-state index contributed by atoms with van der Waals surface area (Å²) < 4.78 is 28.3. The van der Waals surface area contributed by atoms with E-state index in [0.29, 0.717) is 0 Å². The molecular formula is C19H21N5O3S. The Bertz CT molecular complexity index is 1000. The van der Waals surface area contributed by atoms with Crippen molar-refractivity contribution in [1.29, 1.82) is 0 Å². The average Bonchev–Trinajstić information content (AvgIpc) is 3.23. The fourth-order valence-electron chi connectivity index (χ4n) is 2.64. The van der Waals surface area contributed by atoms with Crippen molar-refractivity contribution in [3.8, 4) is 5.69 Å². The van der Waals surface area contributed by atoms with E-state index in [9.17, 15) is 13.2 Å². The fourth-order valence-corrected chi connectivity index (χ4v) is 3.69. The van der Waals surface area contributed by atoms with Gasteiger partial charge in [-0.05, 0) is 36.8 Å². The van der Waals surface area contributed by atoms with E-state index in [1.165, 1.54) is 18.5 Å². The smallest absolute Gasteiger partial charge is 0.240 e. The second-order valence-electron chi connectivity index (χ2n) is 6.18. The molecule has 3 rings (SSSR count). The average molecular weight is 399 g/mol. The number of nitrogens with one attached hydrogen (secondary N) is 2. The van der Waals surface area contributed by atoms with E-state index in [2.05, 4.69) is 20.1 Å². The summed E-state index contributed by atoms with van der Waals surface area (Å²) in [5.74, 6) is -0.233. The first-order chi connectivity index (χ1) is 13.5. The largest absolute Gasteiger partial charge is 0.350 e. The second-order valence-corrected chi connectivity index (χ2v) is 7.95. The maximum Gasteiger partial charge on any atom is 0.240 e. The van der Waals surface area contributed by atoms with Crippen molar-refractivity contribution in [2.75, 3.05) is 6.54 Å². The topological polar surface area (TPSA) is 106 Å². The van der Waals surface area contributed by atoms with Gasteiger partial charge in [-0.15, -0.1) is 0 Å². The minimum atomic E-state index is -3.61. The summed E-state index contributed by atoms with van der Waals surface area (Å²) in [6.45, 7) is 1.90. The van der Waals surface area contributed by atoms with Crippen LogP contribution in [0.3, 0.4) is 0 Å². The number of amides is 1. The van der Waals surface area contributed by atoms with E-state index >= 15 is 0 Å². The first-order valence-corrected chi connectivity index (χ1v) is 10.2. The molecule has 2 N–H and O–H groups in total. The van der Waals surface area contributed by atoms with E-state index in [4.69, 9.17) is 0 Å². The van der Waals surface area contributed by atoms with Crippen molar-refractivity contribution in [2.45, 2.75) is 24.3 Å². The highest BCUT2D eigenvalue weighted by Crippen LogP contribution is 2.15. The van der Waals surface area contributed by atoms with Gasteiger partial charge in [0.1, 0.15) is 12.7 Å². The van der Waals surface area contributed by atoms with Crippen LogP contribution in [-0.4, -0.2) is 35.6 Å². The number of benzene rings is 2. The molecule has 0 aliphatic carbocycles. The minimum absolute atomic E-state index is 0.0288. The lowest BCUT2D eigenvalue weighted by molar-refractivity contribution is -0.121. The molecule has 0 saturated carbocycles. The molecule has 146 valence electrons. The maximum atomic E-state index is 12.1. The predicted octanol–water partition coefficient (Wildman–Crippen LogP) is 1.81. The minimum Gasteiger partial charge on any atom is -0.350 e. The normalized spacial score (nSPS) is 12.5. The maximum absolute atomic E-state index is 12.1. The molecule has 1 amide bonds. The van der Waals surface area contributed by atoms with Gasteiger partial charge < -0.3 is 5.32 Å². The molecule has 0 spiro atoms. The molecular weight excluding hydrogens is 378 g/mol. The van der Waals surface area contributed by atoms with Crippen LogP contribution in [-0.2, 0) is 14.8 Å². The van der Waals surface area contributed by atoms with Gasteiger partial charge in [0.15, 0.2) is 0 Å². The zero-order valence-electron chi connectivity index (χ0n) is 15.3. The Hall–Kier alpha value is -3.04. The lowest BCUT2D eigenvalue weighted by Crippen LogP contribution is -2.32. The van der Waals surface area contributed by atoms with E-state index in [1.54, 1.807) is 29.2 Å². The molecule has 8 nitrogen and oxygen atoms in total. The molecule has 1 aromatic heterocycles. The second kappa shape index (κ2) is 8.77. The van der Waals surface area contributed by atoms with Gasteiger partial charge in [-0.3, -0.25) is 4.79 Å². The summed E-state index contributed by atoms with van der Waals surface area (Å²) in [7, 11) is -3.61. The number of aromatic nitrogens is 3. The third-order valence-corrected chi connectivity index (χ3v) is 5.63. The van der Waals surface area contributed by atoms with Crippen LogP contribution in [0.4, 0.5) is 0 Å². The van der Waals surface area contributed by atoms with Crippen LogP contribution >= 0.6 is 0 Å². The molecule has 0 aliphatic rings. The third kappa shape index (κ3) is 5.02. The highest BCUT2D eigenvalue weighted by Gasteiger charge is 2.14. The highest BCUT2D eigenvalue weighted by atomic mass is 32.2. The zero-order chi connectivity index (χ0) is 20.0. The Kier molecular flexibility index (Phi) is 6.17. The van der Waals surface area contributed by atoms with Crippen LogP contribution in [0.1, 0.15) is 24.9 Å². The van der Waals surface area contributed by atoms with Crippen LogP contribution in [0.5, 0.6) is 0 Å². The molecule has 1 atom stereocenters. The van der Waals surface area contributed by atoms with Gasteiger partial charge in [-0.1, -0.05) is 30.3 Å². The number of hydrogen-bond donors (Lipinski definition) is 2. The van der Waals surface area contributed by atoms with Gasteiger partial charge in [0.05, 0.1) is 16.6 Å². The van der Waals surface area contributed by atoms with Crippen molar-refractivity contribution in [3.05, 3.63) is 72.8 Å². The van der Waals surface area contributed by atoms with Crippen LogP contribution in [0.25, 0.3) is 5.69 Å². The molecule has 2 aromatic carbocycles. The van der Waals surface area contributed by atoms with E-state index in [-0.39, 0.29) is 29.8 Å². The molecule has 3 aromatic rings. The molecule has 28 heavy (non-hydrogen) atoms. The van der Waals surface area contributed by atoms with E-state index in [1.807, 2.05) is 31.2 Å². The van der Waals surface area contributed by atoms with Gasteiger partial charge >= 0.3 is 0 Å². The number of hydrogen-bond acceptors (Lipinski definition) is 5. The standard InChI is InChI=1S/C19H21N5O3S/c1-15(16-7-9-17(10-8-16)24-14-20-13-21-24)23-19(25)11-12-22-28(26,27)18-5-3-2-4-6-18/h2-10,13-15,22H,11-12H2,1H3,(H,23,25)/t15-/m0/s1. The van der Waals surface area contributed by atoms with Crippen molar-refractivity contribution >= 4 is 15.9 Å². The first kappa shape index (κ1) is 19.7. The fraction of sp³-hybridized carbons (Fsp3) is 0.211. The van der Waals surface area contributed by atoms with Crippen molar-refractivity contribution in [2.24, 2.45) is 0 Å². The van der Waals surface area contributed by atoms with Crippen molar-refractivity contribution in [1.82, 2.24) is 24.8 Å². The molecule has 0 radical (unpaired) electrons. The first-order valence-electron chi connectivity index (χ1n) is 8.75. The van der Waals surface area contributed by atoms with E-state index < -0.39 is 10.0 Å². The number of carbonyl (C=O) groups is 1. The van der Waals surface area contributed by atoms with Gasteiger partial charge in [0, 0.05) is 13.0 Å². The SMILES string of the molecule is C[C@H](NC(=O)CCNS(=O)(=O)c1ccccc1)c1ccc(-n2cncn2)cc1. The van der Waals surface area contributed by atoms with Gasteiger partial charge in [0.25, 0.3) is 0 Å². The Balaban J connectivity index is 1.49. The number of nitrogens with zero attached hydrogens (tertiary/aromatic N) is 3. The van der Waals surface area contributed by atoms with Gasteiger partial charge in [0.2, 0.25) is 15.9 Å². The van der Waals surface area contributed by atoms with Crippen LogP contribution in [0.15, 0.2) is 72.1 Å². The van der Waals surface area contributed by atoms with Gasteiger partial charge in [-0.25, -0.2) is 22.8 Å². The van der Waals surface area contributed by atoms with E-state index in [0.717, 1.165) is 11.3 Å². The van der Waals surface area contributed by atoms with Gasteiger partial charge in [-0.2, -0.15) is 5.10 Å². The monoisotopic (exact) mass is 399 g/mol. The van der Waals surface area contributed by atoms with Crippen molar-refractivity contribution < 1.29 is 13.2 Å². The lowest BCUT2D eigenvalue weighted by Gasteiger charge is -2.15. The summed E-state index contributed by atoms with van der Waals surface area (Å²) in [6.07, 6.45) is 3.12. The Morgan fingerprint density at radius 2 is 1.82 bits per heavy atom. The van der Waals surface area contributed by atoms with Crippen LogP contribution in [0, 0.1) is 0 Å². The molecule has 0 aliphatic heterocycles. The van der Waals surface area contributed by atoms with Crippen LogP contribution in [0.2, 0.25) is 0 Å². The van der Waals surface area contributed by atoms with Crippen molar-refractivity contribution in [3.63, 3.8) is 0 Å². The Morgan fingerprint density at radius 3 is 2.46 bits per heavy atom. The summed E-state index contributed by atoms with van der Waals surface area (Å²) in [4.78, 5) is 16.2. The Morgan fingerprint density at radius 1 is 1.11 bits per heavy atom. The molecule has 1 heterocycles. The Labute approximate surface area is 163 Å². The summed E-state index contributed by atoms with van der Waals surface area (Å²) in [6, 6.07) is 15.4. The third-order valence-electron chi connectivity index (χ3n) is 4.15. The zero-order valence-corrected chi connectivity index (χ0v) is 16.1.